The lowest BCUT2D eigenvalue weighted by Gasteiger charge is -2.16. The fourth-order valence-electron chi connectivity index (χ4n) is 2.07. The zero-order valence-corrected chi connectivity index (χ0v) is 12.4. The monoisotopic (exact) mass is 308 g/mol. The smallest absolute Gasteiger partial charge is 0.238 e. The Morgan fingerprint density at radius 2 is 1.76 bits per heavy atom. The van der Waals surface area contributed by atoms with E-state index < -0.39 is 10.0 Å². The third-order valence-corrected chi connectivity index (χ3v) is 4.01. The Kier molecular flexibility index (Phi) is 4.59. The average Bonchev–Trinajstić information content (AvgIpc) is 2.41. The van der Waals surface area contributed by atoms with E-state index >= 15 is 0 Å². The molecule has 0 radical (unpaired) electrons. The summed E-state index contributed by atoms with van der Waals surface area (Å²) in [4.78, 5) is 0.0646. The summed E-state index contributed by atoms with van der Waals surface area (Å²) in [5.74, 6) is -0.226. The van der Waals surface area contributed by atoms with E-state index in [1.54, 1.807) is 30.3 Å². The molecule has 112 valence electrons. The molecule has 0 aliphatic heterocycles. The highest BCUT2D eigenvalue weighted by atomic mass is 32.2. The first kappa shape index (κ1) is 15.5. The molecule has 2 rings (SSSR count). The third kappa shape index (κ3) is 4.27. The first-order valence-electron chi connectivity index (χ1n) is 6.49. The van der Waals surface area contributed by atoms with E-state index in [4.69, 9.17) is 5.14 Å². The summed E-state index contributed by atoms with van der Waals surface area (Å²) in [6.07, 6.45) is 0.531. The van der Waals surface area contributed by atoms with Crippen LogP contribution < -0.4 is 10.5 Å². The van der Waals surface area contributed by atoms with Crippen LogP contribution in [0.15, 0.2) is 53.4 Å². The van der Waals surface area contributed by atoms with Gasteiger partial charge in [-0.15, -0.1) is 0 Å². The molecule has 2 aromatic carbocycles. The molecule has 1 unspecified atom stereocenters. The van der Waals surface area contributed by atoms with Crippen molar-refractivity contribution >= 4 is 15.7 Å². The van der Waals surface area contributed by atoms with Crippen molar-refractivity contribution in [3.8, 4) is 0 Å². The molecule has 0 bridgehead atoms. The van der Waals surface area contributed by atoms with Crippen LogP contribution in [0.1, 0.15) is 12.5 Å². The van der Waals surface area contributed by atoms with E-state index in [0.29, 0.717) is 12.0 Å². The number of primary sulfonamides is 1. The zero-order valence-electron chi connectivity index (χ0n) is 11.6. The number of sulfonamides is 1. The Hall–Kier alpha value is -1.92. The third-order valence-electron chi connectivity index (χ3n) is 3.08. The molecule has 4 nitrogen and oxygen atoms in total. The summed E-state index contributed by atoms with van der Waals surface area (Å²) in [5.41, 5.74) is 1.39. The molecular formula is C15H17FN2O2S. The molecule has 0 amide bonds. The molecule has 0 aliphatic rings. The molecule has 0 aromatic heterocycles. The fraction of sp³-hybridized carbons (Fsp3) is 0.200. The van der Waals surface area contributed by atoms with Crippen LogP contribution in [0.25, 0.3) is 0 Å². The van der Waals surface area contributed by atoms with Crippen LogP contribution in [0, 0.1) is 5.82 Å². The minimum absolute atomic E-state index is 0.00207. The maximum atomic E-state index is 13.6. The minimum atomic E-state index is -3.68. The molecule has 1 atom stereocenters. The van der Waals surface area contributed by atoms with Crippen LogP contribution in [0.3, 0.4) is 0 Å². The Morgan fingerprint density at radius 1 is 1.14 bits per heavy atom. The maximum absolute atomic E-state index is 13.6. The van der Waals surface area contributed by atoms with Crippen molar-refractivity contribution in [1.82, 2.24) is 0 Å². The van der Waals surface area contributed by atoms with Gasteiger partial charge in [0.1, 0.15) is 5.82 Å². The van der Waals surface area contributed by atoms with Crippen molar-refractivity contribution in [2.45, 2.75) is 24.3 Å². The highest BCUT2D eigenvalue weighted by Crippen LogP contribution is 2.16. The van der Waals surface area contributed by atoms with Crippen molar-refractivity contribution in [2.75, 3.05) is 5.32 Å². The topological polar surface area (TPSA) is 72.2 Å². The van der Waals surface area contributed by atoms with Crippen molar-refractivity contribution in [2.24, 2.45) is 5.14 Å². The molecular weight excluding hydrogens is 291 g/mol. The Balaban J connectivity index is 2.03. The van der Waals surface area contributed by atoms with Crippen molar-refractivity contribution in [3.05, 3.63) is 59.9 Å². The maximum Gasteiger partial charge on any atom is 0.238 e. The van der Waals surface area contributed by atoms with Gasteiger partial charge in [-0.05, 0) is 49.2 Å². The van der Waals surface area contributed by atoms with Gasteiger partial charge < -0.3 is 5.32 Å². The van der Waals surface area contributed by atoms with Gasteiger partial charge in [-0.1, -0.05) is 18.2 Å². The van der Waals surface area contributed by atoms with Gasteiger partial charge in [0, 0.05) is 11.7 Å². The normalized spacial score (nSPS) is 12.9. The van der Waals surface area contributed by atoms with Gasteiger partial charge in [0.15, 0.2) is 0 Å². The highest BCUT2D eigenvalue weighted by molar-refractivity contribution is 7.89. The summed E-state index contributed by atoms with van der Waals surface area (Å²) < 4.78 is 35.9. The predicted octanol–water partition coefficient (Wildman–Crippen LogP) is 2.52. The van der Waals surface area contributed by atoms with Crippen LogP contribution in [-0.4, -0.2) is 14.5 Å². The summed E-state index contributed by atoms with van der Waals surface area (Å²) in [6.45, 7) is 1.93. The lowest BCUT2D eigenvalue weighted by Crippen LogP contribution is -2.19. The highest BCUT2D eigenvalue weighted by Gasteiger charge is 2.09. The number of nitrogens with one attached hydrogen (secondary N) is 1. The molecule has 21 heavy (non-hydrogen) atoms. The number of rotatable bonds is 5. The molecule has 3 N–H and O–H groups in total. The van der Waals surface area contributed by atoms with Gasteiger partial charge in [-0.2, -0.15) is 0 Å². The van der Waals surface area contributed by atoms with Crippen LogP contribution in [0.5, 0.6) is 0 Å². The van der Waals surface area contributed by atoms with Gasteiger partial charge >= 0.3 is 0 Å². The van der Waals surface area contributed by atoms with E-state index in [0.717, 1.165) is 5.69 Å². The lowest BCUT2D eigenvalue weighted by molar-refractivity contribution is 0.597. The van der Waals surface area contributed by atoms with Gasteiger partial charge in [0.2, 0.25) is 10.0 Å². The van der Waals surface area contributed by atoms with E-state index in [2.05, 4.69) is 5.32 Å². The minimum Gasteiger partial charge on any atom is -0.382 e. The molecule has 2 aromatic rings. The number of halogens is 1. The van der Waals surface area contributed by atoms with Gasteiger partial charge in [0.25, 0.3) is 0 Å². The Bertz CT molecular complexity index is 715. The SMILES string of the molecule is CC(Cc1ccccc1F)Nc1ccc(S(N)(=O)=O)cc1. The van der Waals surface area contributed by atoms with Crippen molar-refractivity contribution in [3.63, 3.8) is 0 Å². The summed E-state index contributed by atoms with van der Waals surface area (Å²) >= 11 is 0. The van der Waals surface area contributed by atoms with Gasteiger partial charge in [-0.3, -0.25) is 0 Å². The molecule has 6 heteroatoms. The zero-order chi connectivity index (χ0) is 15.5. The van der Waals surface area contributed by atoms with Crippen LogP contribution in [0.4, 0.5) is 10.1 Å². The largest absolute Gasteiger partial charge is 0.382 e. The van der Waals surface area contributed by atoms with Crippen LogP contribution in [0.2, 0.25) is 0 Å². The molecule has 0 saturated heterocycles. The number of hydrogen-bond acceptors (Lipinski definition) is 3. The van der Waals surface area contributed by atoms with Crippen LogP contribution in [-0.2, 0) is 16.4 Å². The standard InChI is InChI=1S/C15H17FN2O2S/c1-11(10-12-4-2-3-5-15(12)16)18-13-6-8-14(9-7-13)21(17,19)20/h2-9,11,18H,10H2,1H3,(H2,17,19,20). The van der Waals surface area contributed by atoms with E-state index in [9.17, 15) is 12.8 Å². The number of hydrogen-bond donors (Lipinski definition) is 2. The van der Waals surface area contributed by atoms with Crippen molar-refractivity contribution < 1.29 is 12.8 Å². The summed E-state index contributed by atoms with van der Waals surface area (Å²) in [7, 11) is -3.68. The number of nitrogens with two attached hydrogens (primary N) is 1. The van der Waals surface area contributed by atoms with Crippen LogP contribution >= 0.6 is 0 Å². The first-order chi connectivity index (χ1) is 9.86. The number of anilines is 1. The van der Waals surface area contributed by atoms with Gasteiger partial charge in [0.05, 0.1) is 4.90 Å². The lowest BCUT2D eigenvalue weighted by atomic mass is 10.1. The van der Waals surface area contributed by atoms with E-state index in [1.165, 1.54) is 18.2 Å². The molecule has 0 fully saturated rings. The van der Waals surface area contributed by atoms with Gasteiger partial charge in [-0.25, -0.2) is 17.9 Å². The summed E-state index contributed by atoms with van der Waals surface area (Å²) in [5, 5.41) is 8.23. The predicted molar refractivity (Wildman–Crippen MR) is 81.0 cm³/mol. The Morgan fingerprint density at radius 3 is 2.33 bits per heavy atom. The second-order valence-corrected chi connectivity index (χ2v) is 6.47. The molecule has 0 spiro atoms. The van der Waals surface area contributed by atoms with E-state index in [1.807, 2.05) is 6.92 Å². The van der Waals surface area contributed by atoms with Crippen molar-refractivity contribution in [1.29, 1.82) is 0 Å². The summed E-state index contributed by atoms with van der Waals surface area (Å²) in [6, 6.07) is 12.8. The second kappa shape index (κ2) is 6.24. The first-order valence-corrected chi connectivity index (χ1v) is 8.04. The quantitative estimate of drug-likeness (QED) is 0.891. The average molecular weight is 308 g/mol. The Labute approximate surface area is 123 Å². The number of benzene rings is 2. The fourth-order valence-corrected chi connectivity index (χ4v) is 2.59. The van der Waals surface area contributed by atoms with E-state index in [-0.39, 0.29) is 16.8 Å². The molecule has 0 saturated carbocycles. The molecule has 0 aliphatic carbocycles. The molecule has 0 heterocycles. The second-order valence-electron chi connectivity index (χ2n) is 4.91.